The second-order valence-electron chi connectivity index (χ2n) is 6.71. The van der Waals surface area contributed by atoms with Gasteiger partial charge in [0.25, 0.3) is 5.56 Å². The van der Waals surface area contributed by atoms with Crippen LogP contribution in [0.2, 0.25) is 0 Å². The molecule has 0 bridgehead atoms. The average Bonchev–Trinajstić information content (AvgIpc) is 2.86. The first-order valence-corrected chi connectivity index (χ1v) is 8.84. The van der Waals surface area contributed by atoms with Gasteiger partial charge in [0.2, 0.25) is 5.91 Å². The number of carbonyl (C=O) groups is 1. The van der Waals surface area contributed by atoms with Crippen LogP contribution in [-0.2, 0) is 11.3 Å². The van der Waals surface area contributed by atoms with Crippen molar-refractivity contribution in [1.29, 1.82) is 0 Å². The highest BCUT2D eigenvalue weighted by Crippen LogP contribution is 2.20. The van der Waals surface area contributed by atoms with E-state index in [9.17, 15) is 14.4 Å². The number of rotatable bonds is 3. The number of carbonyl (C=O) groups excluding carboxylic acids is 1. The molecule has 0 unspecified atom stereocenters. The molecule has 0 aliphatic carbocycles. The van der Waals surface area contributed by atoms with E-state index in [1.807, 2.05) is 12.1 Å². The van der Waals surface area contributed by atoms with Gasteiger partial charge in [0.1, 0.15) is 6.54 Å². The first-order valence-electron chi connectivity index (χ1n) is 8.84. The SMILES string of the molecule is Cc1ccccc1N1CCCN(C(=O)Cn2cc(C)c(=O)[nH]c2=O)CC1. The molecule has 0 radical (unpaired) electrons. The van der Waals surface area contributed by atoms with Crippen LogP contribution in [0.4, 0.5) is 5.69 Å². The summed E-state index contributed by atoms with van der Waals surface area (Å²) < 4.78 is 1.27. The van der Waals surface area contributed by atoms with Gasteiger partial charge in [-0.15, -0.1) is 0 Å². The summed E-state index contributed by atoms with van der Waals surface area (Å²) in [5.74, 6) is -0.106. The van der Waals surface area contributed by atoms with Gasteiger partial charge in [-0.25, -0.2) is 4.79 Å². The zero-order valence-corrected chi connectivity index (χ0v) is 15.2. The predicted octanol–water partition coefficient (Wildman–Crippen LogP) is 0.892. The Hall–Kier alpha value is -2.83. The maximum atomic E-state index is 12.6. The smallest absolute Gasteiger partial charge is 0.328 e. The Labute approximate surface area is 151 Å². The molecular formula is C19H24N4O3. The van der Waals surface area contributed by atoms with E-state index in [2.05, 4.69) is 28.9 Å². The highest BCUT2D eigenvalue weighted by atomic mass is 16.2. The van der Waals surface area contributed by atoms with Gasteiger partial charge in [-0.1, -0.05) is 18.2 Å². The van der Waals surface area contributed by atoms with Crippen LogP contribution in [0.3, 0.4) is 0 Å². The van der Waals surface area contributed by atoms with E-state index < -0.39 is 11.2 Å². The third-order valence-corrected chi connectivity index (χ3v) is 4.80. The van der Waals surface area contributed by atoms with Crippen molar-refractivity contribution in [3.8, 4) is 0 Å². The van der Waals surface area contributed by atoms with Crippen molar-refractivity contribution in [2.45, 2.75) is 26.8 Å². The summed E-state index contributed by atoms with van der Waals surface area (Å²) in [5.41, 5.74) is 1.88. The van der Waals surface area contributed by atoms with E-state index in [4.69, 9.17) is 0 Å². The number of anilines is 1. The molecule has 1 N–H and O–H groups in total. The minimum atomic E-state index is -0.551. The molecular weight excluding hydrogens is 332 g/mol. The first kappa shape index (κ1) is 18.0. The fraction of sp³-hybridized carbons (Fsp3) is 0.421. The molecule has 1 amide bonds. The first-order chi connectivity index (χ1) is 12.5. The van der Waals surface area contributed by atoms with E-state index in [1.54, 1.807) is 11.8 Å². The quantitative estimate of drug-likeness (QED) is 0.886. The van der Waals surface area contributed by atoms with E-state index in [-0.39, 0.29) is 12.5 Å². The van der Waals surface area contributed by atoms with Crippen molar-refractivity contribution in [1.82, 2.24) is 14.5 Å². The molecule has 7 heteroatoms. The standard InChI is InChI=1S/C19H24N4O3/c1-14-6-3-4-7-16(14)21-8-5-9-22(11-10-21)17(24)13-23-12-15(2)18(25)20-19(23)26/h3-4,6-7,12H,5,8-11,13H2,1-2H3,(H,20,25,26). The fourth-order valence-corrected chi connectivity index (χ4v) is 3.31. The molecule has 0 atom stereocenters. The topological polar surface area (TPSA) is 78.4 Å². The van der Waals surface area contributed by atoms with Gasteiger partial charge in [0.05, 0.1) is 0 Å². The van der Waals surface area contributed by atoms with Crippen molar-refractivity contribution in [3.63, 3.8) is 0 Å². The molecule has 1 aromatic heterocycles. The molecule has 7 nitrogen and oxygen atoms in total. The zero-order chi connectivity index (χ0) is 18.7. The third kappa shape index (κ3) is 3.87. The van der Waals surface area contributed by atoms with E-state index in [0.717, 1.165) is 19.5 Å². The number of para-hydroxylation sites is 1. The number of hydrogen-bond donors (Lipinski definition) is 1. The van der Waals surface area contributed by atoms with Crippen molar-refractivity contribution in [2.24, 2.45) is 0 Å². The summed E-state index contributed by atoms with van der Waals surface area (Å²) in [5, 5.41) is 0. The highest BCUT2D eigenvalue weighted by Gasteiger charge is 2.20. The Morgan fingerprint density at radius 2 is 1.81 bits per heavy atom. The second-order valence-corrected chi connectivity index (χ2v) is 6.71. The molecule has 3 rings (SSSR count). The van der Waals surface area contributed by atoms with Gasteiger partial charge in [-0.05, 0) is 31.9 Å². The van der Waals surface area contributed by atoms with Crippen LogP contribution in [0.5, 0.6) is 0 Å². The number of nitrogens with one attached hydrogen (secondary N) is 1. The number of aromatic nitrogens is 2. The van der Waals surface area contributed by atoms with Gasteiger partial charge in [-0.2, -0.15) is 0 Å². The fourth-order valence-electron chi connectivity index (χ4n) is 3.31. The Morgan fingerprint density at radius 1 is 1.04 bits per heavy atom. The molecule has 1 fully saturated rings. The average molecular weight is 356 g/mol. The van der Waals surface area contributed by atoms with Gasteiger partial charge in [0.15, 0.2) is 0 Å². The number of aryl methyl sites for hydroxylation is 2. The van der Waals surface area contributed by atoms with E-state index in [1.165, 1.54) is 22.0 Å². The third-order valence-electron chi connectivity index (χ3n) is 4.80. The Kier molecular flexibility index (Phi) is 5.25. The molecule has 1 saturated heterocycles. The van der Waals surface area contributed by atoms with Gasteiger partial charge < -0.3 is 9.80 Å². The van der Waals surface area contributed by atoms with Crippen LogP contribution in [0.25, 0.3) is 0 Å². The van der Waals surface area contributed by atoms with Crippen LogP contribution in [0, 0.1) is 13.8 Å². The maximum absolute atomic E-state index is 12.6. The van der Waals surface area contributed by atoms with Gasteiger partial charge >= 0.3 is 5.69 Å². The summed E-state index contributed by atoms with van der Waals surface area (Å²) in [7, 11) is 0. The van der Waals surface area contributed by atoms with Crippen molar-refractivity contribution >= 4 is 11.6 Å². The van der Waals surface area contributed by atoms with Crippen LogP contribution in [-0.4, -0.2) is 46.5 Å². The molecule has 1 aliphatic rings. The molecule has 138 valence electrons. The summed E-state index contributed by atoms with van der Waals surface area (Å²) in [6, 6.07) is 8.25. The van der Waals surface area contributed by atoms with Gasteiger partial charge in [0, 0.05) is 43.6 Å². The Morgan fingerprint density at radius 3 is 2.58 bits per heavy atom. The lowest BCUT2D eigenvalue weighted by Gasteiger charge is -2.25. The van der Waals surface area contributed by atoms with Gasteiger partial charge in [-0.3, -0.25) is 19.1 Å². The molecule has 1 aliphatic heterocycles. The van der Waals surface area contributed by atoms with Crippen molar-refractivity contribution < 1.29 is 4.79 Å². The monoisotopic (exact) mass is 356 g/mol. The minimum absolute atomic E-state index is 0.0547. The number of nitrogens with zero attached hydrogens (tertiary/aromatic N) is 3. The number of aromatic amines is 1. The largest absolute Gasteiger partial charge is 0.369 e. The predicted molar refractivity (Wildman–Crippen MR) is 101 cm³/mol. The van der Waals surface area contributed by atoms with Crippen LogP contribution < -0.4 is 16.1 Å². The normalized spacial score (nSPS) is 15.0. The lowest BCUT2D eigenvalue weighted by Crippen LogP contribution is -2.40. The van der Waals surface area contributed by atoms with Crippen LogP contribution >= 0.6 is 0 Å². The number of benzene rings is 1. The Bertz CT molecular complexity index is 915. The molecule has 26 heavy (non-hydrogen) atoms. The van der Waals surface area contributed by atoms with E-state index >= 15 is 0 Å². The van der Waals surface area contributed by atoms with E-state index in [0.29, 0.717) is 18.7 Å². The lowest BCUT2D eigenvalue weighted by molar-refractivity contribution is -0.131. The van der Waals surface area contributed by atoms with Crippen molar-refractivity contribution in [3.05, 3.63) is 62.4 Å². The summed E-state index contributed by atoms with van der Waals surface area (Å²) in [6.07, 6.45) is 2.32. The number of H-pyrrole nitrogens is 1. The minimum Gasteiger partial charge on any atom is -0.369 e. The van der Waals surface area contributed by atoms with Crippen LogP contribution in [0.15, 0.2) is 40.1 Å². The molecule has 0 spiro atoms. The van der Waals surface area contributed by atoms with Crippen LogP contribution in [0.1, 0.15) is 17.5 Å². The number of hydrogen-bond acceptors (Lipinski definition) is 4. The molecule has 2 heterocycles. The molecule has 2 aromatic rings. The number of amides is 1. The van der Waals surface area contributed by atoms with Crippen molar-refractivity contribution in [2.75, 3.05) is 31.1 Å². The zero-order valence-electron chi connectivity index (χ0n) is 15.2. The Balaban J connectivity index is 1.68. The summed E-state index contributed by atoms with van der Waals surface area (Å²) in [6.45, 7) is 6.59. The maximum Gasteiger partial charge on any atom is 0.328 e. The lowest BCUT2D eigenvalue weighted by atomic mass is 10.2. The summed E-state index contributed by atoms with van der Waals surface area (Å²) in [4.78, 5) is 42.3. The molecule has 1 aromatic carbocycles. The second kappa shape index (κ2) is 7.59. The summed E-state index contributed by atoms with van der Waals surface area (Å²) >= 11 is 0. The molecule has 0 saturated carbocycles. The highest BCUT2D eigenvalue weighted by molar-refractivity contribution is 5.76.